The highest BCUT2D eigenvalue weighted by atomic mass is 16.5. The molecule has 1 aromatic heterocycles. The number of amides is 1. The lowest BCUT2D eigenvalue weighted by molar-refractivity contribution is -0.141. The molecule has 2 fully saturated rings. The van der Waals surface area contributed by atoms with Gasteiger partial charge in [0.05, 0.1) is 18.3 Å². The number of hydrogen-bond donors (Lipinski definition) is 1. The van der Waals surface area contributed by atoms with Gasteiger partial charge in [0.15, 0.2) is 0 Å². The number of rotatable bonds is 5. The number of carbonyl (C=O) groups is 1. The van der Waals surface area contributed by atoms with E-state index >= 15 is 0 Å². The molecule has 2 aromatic rings. The van der Waals surface area contributed by atoms with E-state index in [2.05, 4.69) is 58.3 Å². The van der Waals surface area contributed by atoms with E-state index in [0.717, 1.165) is 62.9 Å². The number of piperidine rings is 1. The summed E-state index contributed by atoms with van der Waals surface area (Å²) in [5.74, 6) is 1.19. The normalized spacial score (nSPS) is 29.5. The molecule has 1 amide bonds. The van der Waals surface area contributed by atoms with Gasteiger partial charge in [0.1, 0.15) is 0 Å². The zero-order valence-corrected chi connectivity index (χ0v) is 21.3. The van der Waals surface area contributed by atoms with Crippen LogP contribution in [-0.2, 0) is 22.5 Å². The van der Waals surface area contributed by atoms with Crippen LogP contribution in [0.15, 0.2) is 36.5 Å². The summed E-state index contributed by atoms with van der Waals surface area (Å²) in [7, 11) is 3.95. The zero-order chi connectivity index (χ0) is 24.4. The molecule has 35 heavy (non-hydrogen) atoms. The topological polar surface area (TPSA) is 70.6 Å². The van der Waals surface area contributed by atoms with Crippen molar-refractivity contribution in [2.75, 3.05) is 32.6 Å². The van der Waals surface area contributed by atoms with Gasteiger partial charge in [-0.2, -0.15) is 0 Å². The fourth-order valence-electron chi connectivity index (χ4n) is 6.15. The lowest BCUT2D eigenvalue weighted by atomic mass is 9.79. The molecule has 3 heterocycles. The van der Waals surface area contributed by atoms with Crippen molar-refractivity contribution < 1.29 is 9.53 Å². The number of nitrogens with one attached hydrogen (secondary N) is 1. The van der Waals surface area contributed by atoms with Crippen LogP contribution in [0.25, 0.3) is 0 Å². The minimum Gasteiger partial charge on any atom is -0.381 e. The Labute approximate surface area is 209 Å². The first-order valence-corrected chi connectivity index (χ1v) is 13.2. The molecule has 1 aromatic carbocycles. The minimum atomic E-state index is 0.00741. The number of anilines is 1. The number of fused-ring (bicyclic) bond motifs is 1. The number of carbonyl (C=O) groups excluding carboxylic acids is 1. The summed E-state index contributed by atoms with van der Waals surface area (Å²) in [5.41, 5.74) is 3.42. The minimum absolute atomic E-state index is 0.00741. The molecule has 5 rings (SSSR count). The first-order valence-electron chi connectivity index (χ1n) is 13.2. The lowest BCUT2D eigenvalue weighted by Crippen LogP contribution is -2.50. The van der Waals surface area contributed by atoms with Crippen molar-refractivity contribution in [3.05, 3.63) is 53.3 Å². The summed E-state index contributed by atoms with van der Waals surface area (Å²) in [4.78, 5) is 27.9. The quantitative estimate of drug-likeness (QED) is 0.705. The van der Waals surface area contributed by atoms with E-state index in [1.807, 2.05) is 12.3 Å². The molecule has 0 spiro atoms. The molecule has 3 aliphatic rings. The molecule has 1 N–H and O–H groups in total. The van der Waals surface area contributed by atoms with Crippen molar-refractivity contribution in [2.45, 2.75) is 76.1 Å². The maximum absolute atomic E-state index is 14.0. The summed E-state index contributed by atoms with van der Waals surface area (Å²) in [6.45, 7) is 4.60. The molecule has 0 radical (unpaired) electrons. The second kappa shape index (κ2) is 10.6. The van der Waals surface area contributed by atoms with Crippen LogP contribution < -0.4 is 5.32 Å². The van der Waals surface area contributed by atoms with Crippen molar-refractivity contribution in [1.29, 1.82) is 0 Å². The van der Waals surface area contributed by atoms with E-state index in [0.29, 0.717) is 24.6 Å². The Bertz CT molecular complexity index is 1010. The standard InChI is InChI=1S/C28H39N5O2/c1-19-15-21-16-29-28(30-22-9-11-23(35-3)12-10-22)31-26(21)18-33(19)27(34)24-13-14-32(2)17-25(24)20-7-5-4-6-8-20/h4-8,16,19,22-25H,9-15,17-18H2,1-3H3,(H,29,30,31)/t19-,22?,23?,24-,25+/m0/s1. The summed E-state index contributed by atoms with van der Waals surface area (Å²) < 4.78 is 5.50. The Kier molecular flexibility index (Phi) is 7.35. The molecular weight excluding hydrogens is 438 g/mol. The van der Waals surface area contributed by atoms with Crippen LogP contribution in [0, 0.1) is 5.92 Å². The van der Waals surface area contributed by atoms with Crippen molar-refractivity contribution in [2.24, 2.45) is 5.92 Å². The second-order valence-electron chi connectivity index (χ2n) is 10.7. The molecule has 0 bridgehead atoms. The second-order valence-corrected chi connectivity index (χ2v) is 10.7. The average molecular weight is 478 g/mol. The number of hydrogen-bond acceptors (Lipinski definition) is 6. The number of benzene rings is 1. The molecule has 1 aliphatic carbocycles. The summed E-state index contributed by atoms with van der Waals surface area (Å²) >= 11 is 0. The molecule has 0 unspecified atom stereocenters. The maximum Gasteiger partial charge on any atom is 0.227 e. The first kappa shape index (κ1) is 24.2. The van der Waals surface area contributed by atoms with E-state index < -0.39 is 0 Å². The van der Waals surface area contributed by atoms with E-state index in [-0.39, 0.29) is 23.8 Å². The Morgan fingerprint density at radius 3 is 2.63 bits per heavy atom. The van der Waals surface area contributed by atoms with Gasteiger partial charge < -0.3 is 19.9 Å². The van der Waals surface area contributed by atoms with Crippen LogP contribution in [0.2, 0.25) is 0 Å². The van der Waals surface area contributed by atoms with Crippen LogP contribution in [-0.4, -0.2) is 71.1 Å². The van der Waals surface area contributed by atoms with Gasteiger partial charge in [0.2, 0.25) is 11.9 Å². The molecule has 188 valence electrons. The van der Waals surface area contributed by atoms with Crippen LogP contribution in [0.3, 0.4) is 0 Å². The highest BCUT2D eigenvalue weighted by Crippen LogP contribution is 2.35. The summed E-state index contributed by atoms with van der Waals surface area (Å²) in [6, 6.07) is 11.1. The van der Waals surface area contributed by atoms with Crippen molar-refractivity contribution in [1.82, 2.24) is 19.8 Å². The van der Waals surface area contributed by atoms with E-state index in [9.17, 15) is 4.79 Å². The number of likely N-dealkylation sites (N-methyl/N-ethyl adjacent to an activating group) is 1. The Morgan fingerprint density at radius 1 is 1.11 bits per heavy atom. The highest BCUT2D eigenvalue weighted by Gasteiger charge is 2.39. The summed E-state index contributed by atoms with van der Waals surface area (Å²) in [6.07, 6.45) is 8.31. The number of likely N-dealkylation sites (tertiary alicyclic amines) is 1. The van der Waals surface area contributed by atoms with Gasteiger partial charge in [-0.1, -0.05) is 30.3 Å². The largest absolute Gasteiger partial charge is 0.381 e. The van der Waals surface area contributed by atoms with Gasteiger partial charge in [-0.15, -0.1) is 0 Å². The van der Waals surface area contributed by atoms with Crippen LogP contribution >= 0.6 is 0 Å². The fourth-order valence-corrected chi connectivity index (χ4v) is 6.15. The Hall–Kier alpha value is -2.51. The average Bonchev–Trinajstić information content (AvgIpc) is 2.89. The smallest absolute Gasteiger partial charge is 0.227 e. The SMILES string of the molecule is COC1CCC(Nc2ncc3c(n2)CN(C(=O)[C@H]2CCN(C)C[C@@H]2c2ccccc2)[C@@H](C)C3)CC1. The summed E-state index contributed by atoms with van der Waals surface area (Å²) in [5, 5.41) is 3.54. The molecule has 1 saturated heterocycles. The van der Waals surface area contributed by atoms with E-state index in [4.69, 9.17) is 9.72 Å². The van der Waals surface area contributed by atoms with Gasteiger partial charge in [0, 0.05) is 43.8 Å². The van der Waals surface area contributed by atoms with Crippen LogP contribution in [0.1, 0.15) is 61.8 Å². The molecule has 7 heteroatoms. The third-order valence-electron chi connectivity index (χ3n) is 8.31. The maximum atomic E-state index is 14.0. The number of nitrogens with zero attached hydrogens (tertiary/aromatic N) is 4. The third-order valence-corrected chi connectivity index (χ3v) is 8.31. The van der Waals surface area contributed by atoms with Gasteiger partial charge >= 0.3 is 0 Å². The van der Waals surface area contributed by atoms with Gasteiger partial charge in [-0.3, -0.25) is 4.79 Å². The Balaban J connectivity index is 1.30. The highest BCUT2D eigenvalue weighted by molar-refractivity contribution is 5.80. The number of aromatic nitrogens is 2. The van der Waals surface area contributed by atoms with E-state index in [1.54, 1.807) is 7.11 Å². The predicted octanol–water partition coefficient (Wildman–Crippen LogP) is 3.85. The fraction of sp³-hybridized carbons (Fsp3) is 0.607. The van der Waals surface area contributed by atoms with Gasteiger partial charge in [-0.25, -0.2) is 9.97 Å². The molecule has 3 atom stereocenters. The van der Waals surface area contributed by atoms with Crippen molar-refractivity contribution in [3.63, 3.8) is 0 Å². The van der Waals surface area contributed by atoms with E-state index in [1.165, 1.54) is 5.56 Å². The lowest BCUT2D eigenvalue weighted by Gasteiger charge is -2.42. The molecule has 7 nitrogen and oxygen atoms in total. The number of ether oxygens (including phenoxy) is 1. The van der Waals surface area contributed by atoms with Crippen LogP contribution in [0.4, 0.5) is 5.95 Å². The van der Waals surface area contributed by atoms with Crippen LogP contribution in [0.5, 0.6) is 0 Å². The monoisotopic (exact) mass is 477 g/mol. The van der Waals surface area contributed by atoms with Gasteiger partial charge in [-0.05, 0) is 70.2 Å². The van der Waals surface area contributed by atoms with Crippen molar-refractivity contribution in [3.8, 4) is 0 Å². The molecule has 2 aliphatic heterocycles. The first-order chi connectivity index (χ1) is 17.0. The van der Waals surface area contributed by atoms with Gasteiger partial charge in [0.25, 0.3) is 0 Å². The predicted molar refractivity (Wildman–Crippen MR) is 137 cm³/mol. The third kappa shape index (κ3) is 5.36. The molecule has 1 saturated carbocycles. The number of methoxy groups -OCH3 is 1. The van der Waals surface area contributed by atoms with Crippen molar-refractivity contribution >= 4 is 11.9 Å². The molecular formula is C28H39N5O2. The zero-order valence-electron chi connectivity index (χ0n) is 21.3. The Morgan fingerprint density at radius 2 is 1.89 bits per heavy atom.